The van der Waals surface area contributed by atoms with Gasteiger partial charge in [-0.2, -0.15) is 0 Å². The average Bonchev–Trinajstić information content (AvgIpc) is 3.37. The van der Waals surface area contributed by atoms with Crippen molar-refractivity contribution in [3.63, 3.8) is 0 Å². The molecule has 216 valence electrons. The Labute approximate surface area is 231 Å². The summed E-state index contributed by atoms with van der Waals surface area (Å²) in [5.41, 5.74) is 0.670. The van der Waals surface area contributed by atoms with E-state index in [0.29, 0.717) is 53.9 Å². The maximum Gasteiger partial charge on any atom is 0.163 e. The standard InChI is InChI=1S/C33H54O5/c1-9-20(18(2)3)14-26(35)19(4)22-10-11-23-28-24(12-13-32(22,23)7)33(8)16-21(17-34)27(36)15-25(33)29-30(28)38-31(5,6)37-29/h17-20,22-26,28-30,34-35H,9-16H2,1-8H3/t19-,20+,22+,23-,24-,25+,26?,28-,29+,30+,32+,33+/m0/s1. The van der Waals surface area contributed by atoms with Crippen LogP contribution in [0.4, 0.5) is 0 Å². The lowest BCUT2D eigenvalue weighted by Gasteiger charge is -2.63. The Bertz CT molecular complexity index is 940. The Morgan fingerprint density at radius 1 is 0.974 bits per heavy atom. The van der Waals surface area contributed by atoms with E-state index >= 15 is 0 Å². The average molecular weight is 531 g/mol. The molecule has 1 saturated heterocycles. The minimum atomic E-state index is -0.650. The number of hydrogen-bond donors (Lipinski definition) is 2. The predicted molar refractivity (Wildman–Crippen MR) is 149 cm³/mol. The molecular weight excluding hydrogens is 476 g/mol. The van der Waals surface area contributed by atoms with E-state index in [1.54, 1.807) is 0 Å². The molecular formula is C33H54O5. The fourth-order valence-corrected chi connectivity index (χ4v) is 10.7. The van der Waals surface area contributed by atoms with Crippen molar-refractivity contribution in [3.8, 4) is 0 Å². The van der Waals surface area contributed by atoms with Crippen molar-refractivity contribution in [2.24, 2.45) is 58.2 Å². The van der Waals surface area contributed by atoms with E-state index in [4.69, 9.17) is 9.47 Å². The highest BCUT2D eigenvalue weighted by atomic mass is 16.8. The van der Waals surface area contributed by atoms with Crippen LogP contribution in [-0.2, 0) is 14.3 Å². The molecule has 5 fully saturated rings. The van der Waals surface area contributed by atoms with Crippen LogP contribution in [0.2, 0.25) is 0 Å². The molecule has 5 nitrogen and oxygen atoms in total. The van der Waals surface area contributed by atoms with Crippen LogP contribution in [0.3, 0.4) is 0 Å². The van der Waals surface area contributed by atoms with Crippen molar-refractivity contribution in [2.75, 3.05) is 0 Å². The lowest BCUT2D eigenvalue weighted by molar-refractivity contribution is -0.179. The van der Waals surface area contributed by atoms with Gasteiger partial charge in [-0.05, 0) is 105 Å². The molecule has 38 heavy (non-hydrogen) atoms. The number of ether oxygens (including phenoxy) is 2. The lowest BCUT2D eigenvalue weighted by Crippen LogP contribution is -2.63. The molecule has 4 saturated carbocycles. The number of rotatable bonds is 6. The number of hydrogen-bond acceptors (Lipinski definition) is 5. The first-order valence-electron chi connectivity index (χ1n) is 15.7. The van der Waals surface area contributed by atoms with Gasteiger partial charge in [0.1, 0.15) is 0 Å². The van der Waals surface area contributed by atoms with Crippen LogP contribution in [0.25, 0.3) is 0 Å². The Morgan fingerprint density at radius 2 is 1.63 bits per heavy atom. The van der Waals surface area contributed by atoms with Gasteiger partial charge < -0.3 is 19.7 Å². The Balaban J connectivity index is 1.46. The van der Waals surface area contributed by atoms with Gasteiger partial charge in [0.2, 0.25) is 0 Å². The zero-order chi connectivity index (χ0) is 27.8. The van der Waals surface area contributed by atoms with Crippen LogP contribution in [0.1, 0.15) is 107 Å². The highest BCUT2D eigenvalue weighted by Gasteiger charge is 2.69. The molecule has 1 aliphatic heterocycles. The van der Waals surface area contributed by atoms with Crippen molar-refractivity contribution < 1.29 is 24.5 Å². The first kappa shape index (κ1) is 28.6. The molecule has 0 aromatic rings. The maximum absolute atomic E-state index is 12.9. The summed E-state index contributed by atoms with van der Waals surface area (Å²) in [6, 6.07) is 0. The van der Waals surface area contributed by atoms with Crippen molar-refractivity contribution in [3.05, 3.63) is 11.8 Å². The molecule has 1 unspecified atom stereocenters. The number of ketones is 1. The number of aliphatic hydroxyl groups is 2. The first-order valence-corrected chi connectivity index (χ1v) is 15.7. The quantitative estimate of drug-likeness (QED) is 0.284. The monoisotopic (exact) mass is 530 g/mol. The van der Waals surface area contributed by atoms with E-state index in [-0.39, 0.29) is 46.8 Å². The number of fused-ring (bicyclic) bond motifs is 8. The lowest BCUT2D eigenvalue weighted by atomic mass is 9.43. The van der Waals surface area contributed by atoms with Gasteiger partial charge in [0.15, 0.2) is 11.6 Å². The van der Waals surface area contributed by atoms with Gasteiger partial charge in [0.05, 0.1) is 24.6 Å². The molecule has 5 aliphatic rings. The normalized spacial score (nSPS) is 47.3. The molecule has 5 rings (SSSR count). The summed E-state index contributed by atoms with van der Waals surface area (Å²) in [6.07, 6.45) is 8.47. The number of carbonyl (C=O) groups excluding carboxylic acids is 1. The molecule has 0 bridgehead atoms. The molecule has 4 aliphatic carbocycles. The van der Waals surface area contributed by atoms with Gasteiger partial charge in [-0.3, -0.25) is 4.79 Å². The summed E-state index contributed by atoms with van der Waals surface area (Å²) in [5.74, 6) is 2.84. The zero-order valence-corrected chi connectivity index (χ0v) is 25.2. The second-order valence-corrected chi connectivity index (χ2v) is 15.2. The van der Waals surface area contributed by atoms with Crippen LogP contribution in [0.15, 0.2) is 11.8 Å². The van der Waals surface area contributed by atoms with E-state index in [1.165, 1.54) is 12.8 Å². The second-order valence-electron chi connectivity index (χ2n) is 15.2. The summed E-state index contributed by atoms with van der Waals surface area (Å²) in [7, 11) is 0. The third-order valence-corrected chi connectivity index (χ3v) is 12.8. The van der Waals surface area contributed by atoms with Gasteiger partial charge in [0, 0.05) is 17.9 Å². The molecule has 12 atom stereocenters. The summed E-state index contributed by atoms with van der Waals surface area (Å²) in [5, 5.41) is 21.4. The van der Waals surface area contributed by atoms with Crippen molar-refractivity contribution in [1.29, 1.82) is 0 Å². The minimum Gasteiger partial charge on any atom is -0.515 e. The SMILES string of the molecule is CC[C@H](CC(O)[C@@H](C)[C@H]1CC[C@H]2[C@@H]3[C@H]4OC(C)(C)O[C@@H]4[C@H]4CC(=O)C(=CO)C[C@]4(C)[C@H]3CC[C@]12C)C(C)C. The Morgan fingerprint density at radius 3 is 2.26 bits per heavy atom. The van der Waals surface area contributed by atoms with Crippen molar-refractivity contribution >= 4 is 5.78 Å². The van der Waals surface area contributed by atoms with Crippen molar-refractivity contribution in [1.82, 2.24) is 0 Å². The zero-order valence-electron chi connectivity index (χ0n) is 25.2. The van der Waals surface area contributed by atoms with E-state index in [1.807, 2.05) is 13.8 Å². The smallest absolute Gasteiger partial charge is 0.163 e. The molecule has 0 aromatic heterocycles. The van der Waals surface area contributed by atoms with Crippen LogP contribution < -0.4 is 0 Å². The fourth-order valence-electron chi connectivity index (χ4n) is 10.7. The number of Topliss-reactive ketones (excluding diaryl/α,β-unsaturated/α-hetero) is 1. The van der Waals surface area contributed by atoms with Crippen LogP contribution in [-0.4, -0.2) is 40.1 Å². The minimum absolute atomic E-state index is 0.00884. The van der Waals surface area contributed by atoms with Gasteiger partial charge in [-0.15, -0.1) is 0 Å². The predicted octanol–water partition coefficient (Wildman–Crippen LogP) is 7.08. The van der Waals surface area contributed by atoms with E-state index in [9.17, 15) is 15.0 Å². The molecule has 0 spiro atoms. The van der Waals surface area contributed by atoms with Crippen LogP contribution in [0, 0.1) is 58.2 Å². The van der Waals surface area contributed by atoms with E-state index < -0.39 is 5.79 Å². The van der Waals surface area contributed by atoms with Crippen LogP contribution >= 0.6 is 0 Å². The largest absolute Gasteiger partial charge is 0.515 e. The molecule has 0 aromatic carbocycles. The third-order valence-electron chi connectivity index (χ3n) is 12.8. The van der Waals surface area contributed by atoms with Crippen LogP contribution in [0.5, 0.6) is 0 Å². The molecule has 0 radical (unpaired) electrons. The number of aliphatic hydroxyl groups excluding tert-OH is 2. The van der Waals surface area contributed by atoms with E-state index in [2.05, 4.69) is 41.5 Å². The van der Waals surface area contributed by atoms with Gasteiger partial charge in [-0.25, -0.2) is 0 Å². The molecule has 2 N–H and O–H groups in total. The topological polar surface area (TPSA) is 76.0 Å². The summed E-state index contributed by atoms with van der Waals surface area (Å²) in [4.78, 5) is 12.9. The van der Waals surface area contributed by atoms with E-state index in [0.717, 1.165) is 31.9 Å². The summed E-state index contributed by atoms with van der Waals surface area (Å²) in [6.45, 7) is 18.1. The van der Waals surface area contributed by atoms with Gasteiger partial charge >= 0.3 is 0 Å². The van der Waals surface area contributed by atoms with Gasteiger partial charge in [-0.1, -0.05) is 48.0 Å². The van der Waals surface area contributed by atoms with Gasteiger partial charge in [0.25, 0.3) is 0 Å². The summed E-state index contributed by atoms with van der Waals surface area (Å²) >= 11 is 0. The molecule has 1 heterocycles. The molecule has 5 heteroatoms. The highest BCUT2D eigenvalue weighted by molar-refractivity contribution is 5.96. The third kappa shape index (κ3) is 4.33. The fraction of sp³-hybridized carbons (Fsp3) is 0.909. The highest BCUT2D eigenvalue weighted by Crippen LogP contribution is 2.70. The number of allylic oxidation sites excluding steroid dienone is 1. The maximum atomic E-state index is 12.9. The Kier molecular flexibility index (Phi) is 7.43. The summed E-state index contributed by atoms with van der Waals surface area (Å²) < 4.78 is 13.4. The Hall–Kier alpha value is -0.910. The number of carbonyl (C=O) groups is 1. The molecule has 0 amide bonds. The second kappa shape index (κ2) is 9.87. The first-order chi connectivity index (χ1) is 17.8. The van der Waals surface area contributed by atoms with Crippen molar-refractivity contribution in [2.45, 2.75) is 131 Å².